The van der Waals surface area contributed by atoms with E-state index in [4.69, 9.17) is 0 Å². The van der Waals surface area contributed by atoms with E-state index in [-0.39, 0.29) is 11.7 Å². The molecule has 2 rings (SSSR count). The molecule has 0 heterocycles. The van der Waals surface area contributed by atoms with Gasteiger partial charge >= 0.3 is 5.97 Å². The number of ether oxygens (including phenoxy) is 1. The molecule has 1 aliphatic rings. The lowest BCUT2D eigenvalue weighted by atomic mass is 9.92. The predicted octanol–water partition coefficient (Wildman–Crippen LogP) is 2.50. The summed E-state index contributed by atoms with van der Waals surface area (Å²) in [5, 5.41) is 24.3. The lowest BCUT2D eigenvalue weighted by Gasteiger charge is -2.29. The van der Waals surface area contributed by atoms with Gasteiger partial charge in [-0.05, 0) is 30.5 Å². The van der Waals surface area contributed by atoms with Crippen LogP contribution < -0.4 is 5.32 Å². The van der Waals surface area contributed by atoms with Crippen molar-refractivity contribution >= 4 is 23.4 Å². The summed E-state index contributed by atoms with van der Waals surface area (Å²) in [7, 11) is 1.26. The van der Waals surface area contributed by atoms with Crippen molar-refractivity contribution in [2.45, 2.75) is 37.8 Å². The van der Waals surface area contributed by atoms with Gasteiger partial charge in [-0.1, -0.05) is 18.9 Å². The summed E-state index contributed by atoms with van der Waals surface area (Å²) in [5.74, 6) is -0.528. The molecule has 0 amide bonds. The van der Waals surface area contributed by atoms with Crippen LogP contribution in [0.2, 0.25) is 0 Å². The molecule has 124 valence electrons. The van der Waals surface area contributed by atoms with E-state index in [1.165, 1.54) is 25.3 Å². The fourth-order valence-electron chi connectivity index (χ4n) is 2.64. The van der Waals surface area contributed by atoms with Crippen molar-refractivity contribution in [1.29, 1.82) is 0 Å². The van der Waals surface area contributed by atoms with Gasteiger partial charge in [0.1, 0.15) is 5.69 Å². The smallest absolute Gasteiger partial charge is 0.330 e. The van der Waals surface area contributed by atoms with Crippen LogP contribution in [-0.4, -0.2) is 35.3 Å². The largest absolute Gasteiger partial charge is 0.466 e. The molecule has 7 nitrogen and oxygen atoms in total. The Hall–Kier alpha value is -2.41. The molecule has 1 aliphatic carbocycles. The van der Waals surface area contributed by atoms with Crippen molar-refractivity contribution in [2.75, 3.05) is 12.4 Å². The first kappa shape index (κ1) is 17.0. The van der Waals surface area contributed by atoms with Crippen molar-refractivity contribution in [2.24, 2.45) is 0 Å². The van der Waals surface area contributed by atoms with E-state index < -0.39 is 17.0 Å². The Kier molecular flexibility index (Phi) is 5.70. The molecule has 1 fully saturated rings. The van der Waals surface area contributed by atoms with Gasteiger partial charge in [0.2, 0.25) is 0 Å². The van der Waals surface area contributed by atoms with Gasteiger partial charge in [0.05, 0.1) is 24.2 Å². The van der Waals surface area contributed by atoms with Crippen molar-refractivity contribution in [3.8, 4) is 0 Å². The number of anilines is 1. The molecule has 1 aromatic carbocycles. The molecule has 1 aromatic rings. The van der Waals surface area contributed by atoms with Gasteiger partial charge in [0.15, 0.2) is 0 Å². The fraction of sp³-hybridized carbons (Fsp3) is 0.438. The molecule has 0 bridgehead atoms. The summed E-state index contributed by atoms with van der Waals surface area (Å²) >= 11 is 0. The highest BCUT2D eigenvalue weighted by atomic mass is 16.6. The Labute approximate surface area is 134 Å². The molecule has 2 atom stereocenters. The molecule has 2 N–H and O–H groups in total. The topological polar surface area (TPSA) is 102 Å². The van der Waals surface area contributed by atoms with E-state index in [0.29, 0.717) is 17.7 Å². The molecule has 1 saturated carbocycles. The van der Waals surface area contributed by atoms with Gasteiger partial charge in [0, 0.05) is 12.1 Å². The number of nitro groups is 1. The highest BCUT2D eigenvalue weighted by Gasteiger charge is 2.25. The SMILES string of the molecule is COC(=O)/C=C/c1ccc(NC2CCCCC2O)c([N+](=O)[O-])c1. The normalized spacial score (nSPS) is 21.1. The molecule has 0 aliphatic heterocycles. The maximum Gasteiger partial charge on any atom is 0.330 e. The number of aliphatic hydroxyl groups excluding tert-OH is 1. The Bertz CT molecular complexity index is 614. The second-order valence-corrected chi connectivity index (χ2v) is 5.49. The summed E-state index contributed by atoms with van der Waals surface area (Å²) in [6, 6.07) is 4.47. The Morgan fingerprint density at radius 2 is 2.17 bits per heavy atom. The third-order valence-corrected chi connectivity index (χ3v) is 3.90. The van der Waals surface area contributed by atoms with Crippen LogP contribution >= 0.6 is 0 Å². The molecule has 7 heteroatoms. The van der Waals surface area contributed by atoms with E-state index in [1.807, 2.05) is 0 Å². The van der Waals surface area contributed by atoms with E-state index >= 15 is 0 Å². The lowest BCUT2D eigenvalue weighted by molar-refractivity contribution is -0.384. The summed E-state index contributed by atoms with van der Waals surface area (Å²) < 4.78 is 4.49. The van der Waals surface area contributed by atoms with Crippen LogP contribution in [0, 0.1) is 10.1 Å². The second-order valence-electron chi connectivity index (χ2n) is 5.49. The van der Waals surface area contributed by atoms with Gasteiger partial charge in [-0.25, -0.2) is 4.79 Å². The summed E-state index contributed by atoms with van der Waals surface area (Å²) in [6.07, 6.45) is 5.60. The second kappa shape index (κ2) is 7.73. The maximum absolute atomic E-state index is 11.3. The number of carbonyl (C=O) groups excluding carboxylic acids is 1. The van der Waals surface area contributed by atoms with Crippen LogP contribution in [0.15, 0.2) is 24.3 Å². The minimum Gasteiger partial charge on any atom is -0.466 e. The number of hydrogen-bond acceptors (Lipinski definition) is 6. The molecule has 2 unspecified atom stereocenters. The van der Waals surface area contributed by atoms with Crippen LogP contribution in [0.3, 0.4) is 0 Å². The van der Waals surface area contributed by atoms with E-state index in [9.17, 15) is 20.0 Å². The van der Waals surface area contributed by atoms with Crippen LogP contribution in [0.5, 0.6) is 0 Å². The highest BCUT2D eigenvalue weighted by Crippen LogP contribution is 2.30. The van der Waals surface area contributed by atoms with Gasteiger partial charge in [0.25, 0.3) is 5.69 Å². The Morgan fingerprint density at radius 3 is 2.83 bits per heavy atom. The first-order valence-electron chi connectivity index (χ1n) is 7.50. The number of carbonyl (C=O) groups is 1. The van der Waals surface area contributed by atoms with E-state index in [0.717, 1.165) is 19.3 Å². The quantitative estimate of drug-likeness (QED) is 0.374. The number of nitro benzene ring substituents is 1. The van der Waals surface area contributed by atoms with Crippen LogP contribution in [0.25, 0.3) is 6.08 Å². The van der Waals surface area contributed by atoms with Gasteiger partial charge < -0.3 is 15.2 Å². The maximum atomic E-state index is 11.3. The number of rotatable bonds is 5. The molecule has 0 aromatic heterocycles. The third-order valence-electron chi connectivity index (χ3n) is 3.90. The van der Waals surface area contributed by atoms with E-state index in [2.05, 4.69) is 10.1 Å². The molecular formula is C16H20N2O5. The minimum absolute atomic E-state index is 0.0882. The highest BCUT2D eigenvalue weighted by molar-refractivity contribution is 5.87. The Balaban J connectivity index is 2.21. The van der Waals surface area contributed by atoms with Crippen LogP contribution in [0.4, 0.5) is 11.4 Å². The van der Waals surface area contributed by atoms with Crippen molar-refractivity contribution in [1.82, 2.24) is 0 Å². The fourth-order valence-corrected chi connectivity index (χ4v) is 2.64. The van der Waals surface area contributed by atoms with E-state index in [1.54, 1.807) is 12.1 Å². The molecule has 0 saturated heterocycles. The number of benzene rings is 1. The molecule has 0 radical (unpaired) electrons. The van der Waals surface area contributed by atoms with Gasteiger partial charge in [-0.15, -0.1) is 0 Å². The first-order chi connectivity index (χ1) is 11.0. The molecule has 0 spiro atoms. The first-order valence-corrected chi connectivity index (χ1v) is 7.50. The summed E-state index contributed by atoms with van der Waals surface area (Å²) in [5.41, 5.74) is 0.808. The van der Waals surface area contributed by atoms with Crippen molar-refractivity contribution < 1.29 is 19.6 Å². The zero-order valence-electron chi connectivity index (χ0n) is 12.9. The number of nitrogens with one attached hydrogen (secondary N) is 1. The number of aliphatic hydroxyl groups is 1. The standard InChI is InChI=1S/C16H20N2O5/c1-23-16(20)9-7-11-6-8-12(14(10-11)18(21)22)17-13-4-2-3-5-15(13)19/h6-10,13,15,17,19H,2-5H2,1H3/b9-7+. The monoisotopic (exact) mass is 320 g/mol. The number of methoxy groups -OCH3 is 1. The number of esters is 1. The summed E-state index contributed by atoms with van der Waals surface area (Å²) in [4.78, 5) is 21.9. The van der Waals surface area contributed by atoms with Gasteiger partial charge in [-0.3, -0.25) is 10.1 Å². The van der Waals surface area contributed by atoms with Gasteiger partial charge in [-0.2, -0.15) is 0 Å². The van der Waals surface area contributed by atoms with Crippen molar-refractivity contribution in [3.63, 3.8) is 0 Å². The number of hydrogen-bond donors (Lipinski definition) is 2. The van der Waals surface area contributed by atoms with Crippen LogP contribution in [-0.2, 0) is 9.53 Å². The third kappa shape index (κ3) is 4.53. The zero-order valence-corrected chi connectivity index (χ0v) is 12.9. The average Bonchev–Trinajstić information content (AvgIpc) is 2.55. The Morgan fingerprint density at radius 1 is 1.43 bits per heavy atom. The molecular weight excluding hydrogens is 300 g/mol. The predicted molar refractivity (Wildman–Crippen MR) is 86.0 cm³/mol. The number of nitrogens with zero attached hydrogens (tertiary/aromatic N) is 1. The zero-order chi connectivity index (χ0) is 16.8. The van der Waals surface area contributed by atoms with Crippen molar-refractivity contribution in [3.05, 3.63) is 40.0 Å². The summed E-state index contributed by atoms with van der Waals surface area (Å²) in [6.45, 7) is 0. The molecule has 23 heavy (non-hydrogen) atoms. The minimum atomic E-state index is -0.528. The lowest BCUT2D eigenvalue weighted by Crippen LogP contribution is -2.36. The average molecular weight is 320 g/mol. The van der Waals surface area contributed by atoms with Crippen LogP contribution in [0.1, 0.15) is 31.2 Å².